The number of rotatable bonds is 1. The lowest BCUT2D eigenvalue weighted by molar-refractivity contribution is 0.145. The van der Waals surface area contributed by atoms with Gasteiger partial charge in [-0.15, -0.1) is 0 Å². The standard InChI is InChI=1S/C14H15ClN2O/c15-10-1-2-12-13(9-10)16-6-3-14(12)17-7-4-11(18)5-8-17/h1-3,6,9,11,18H,4-5,7-8H2. The van der Waals surface area contributed by atoms with Crippen molar-refractivity contribution in [2.75, 3.05) is 18.0 Å². The molecule has 18 heavy (non-hydrogen) atoms. The van der Waals surface area contributed by atoms with Gasteiger partial charge in [-0.1, -0.05) is 11.6 Å². The molecule has 3 nitrogen and oxygen atoms in total. The molecule has 0 saturated carbocycles. The van der Waals surface area contributed by atoms with Crippen LogP contribution in [-0.2, 0) is 0 Å². The molecular formula is C14H15ClN2O. The Kier molecular flexibility index (Phi) is 3.10. The minimum atomic E-state index is -0.149. The molecule has 0 amide bonds. The third-order valence-corrected chi connectivity index (χ3v) is 3.72. The van der Waals surface area contributed by atoms with Crippen LogP contribution in [0.1, 0.15) is 12.8 Å². The quantitative estimate of drug-likeness (QED) is 0.859. The monoisotopic (exact) mass is 262 g/mol. The predicted molar refractivity (Wildman–Crippen MR) is 74.2 cm³/mol. The van der Waals surface area contributed by atoms with Gasteiger partial charge < -0.3 is 10.0 Å². The molecule has 1 aromatic heterocycles. The molecule has 1 N–H and O–H groups in total. The van der Waals surface area contributed by atoms with Crippen molar-refractivity contribution in [2.45, 2.75) is 18.9 Å². The van der Waals surface area contributed by atoms with Crippen LogP contribution in [0.3, 0.4) is 0 Å². The molecule has 0 radical (unpaired) electrons. The van der Waals surface area contributed by atoms with Crippen molar-refractivity contribution < 1.29 is 5.11 Å². The second-order valence-corrected chi connectivity index (χ2v) is 5.15. The number of aliphatic hydroxyl groups excluding tert-OH is 1. The van der Waals surface area contributed by atoms with Crippen LogP contribution >= 0.6 is 11.6 Å². The largest absolute Gasteiger partial charge is 0.393 e. The van der Waals surface area contributed by atoms with Crippen LogP contribution < -0.4 is 4.90 Å². The number of nitrogens with zero attached hydrogens (tertiary/aromatic N) is 2. The smallest absolute Gasteiger partial charge is 0.0737 e. The summed E-state index contributed by atoms with van der Waals surface area (Å²) in [6, 6.07) is 7.84. The van der Waals surface area contributed by atoms with E-state index in [1.165, 1.54) is 5.69 Å². The lowest BCUT2D eigenvalue weighted by atomic mass is 10.1. The Morgan fingerprint density at radius 2 is 2.00 bits per heavy atom. The van der Waals surface area contributed by atoms with Gasteiger partial charge in [-0.05, 0) is 37.1 Å². The lowest BCUT2D eigenvalue weighted by Gasteiger charge is -2.32. The van der Waals surface area contributed by atoms with Crippen molar-refractivity contribution in [2.24, 2.45) is 0 Å². The second kappa shape index (κ2) is 4.75. The average molecular weight is 263 g/mol. The molecule has 4 heteroatoms. The summed E-state index contributed by atoms with van der Waals surface area (Å²) in [5.74, 6) is 0. The fourth-order valence-electron chi connectivity index (χ4n) is 2.49. The number of hydrogen-bond acceptors (Lipinski definition) is 3. The number of halogens is 1. The van der Waals surface area contributed by atoms with Gasteiger partial charge in [-0.2, -0.15) is 0 Å². The number of piperidine rings is 1. The zero-order chi connectivity index (χ0) is 12.5. The summed E-state index contributed by atoms with van der Waals surface area (Å²) in [4.78, 5) is 6.66. The minimum absolute atomic E-state index is 0.149. The van der Waals surface area contributed by atoms with Crippen LogP contribution in [0.2, 0.25) is 5.02 Å². The van der Waals surface area contributed by atoms with E-state index in [-0.39, 0.29) is 6.10 Å². The molecule has 2 aromatic rings. The molecule has 2 heterocycles. The first-order valence-electron chi connectivity index (χ1n) is 6.21. The molecular weight excluding hydrogens is 248 g/mol. The highest BCUT2D eigenvalue weighted by Gasteiger charge is 2.18. The average Bonchev–Trinajstić information content (AvgIpc) is 2.38. The molecule has 1 aliphatic heterocycles. The van der Waals surface area contributed by atoms with Crippen LogP contribution in [0.5, 0.6) is 0 Å². The first-order chi connectivity index (χ1) is 8.74. The summed E-state index contributed by atoms with van der Waals surface area (Å²) < 4.78 is 0. The van der Waals surface area contributed by atoms with Crippen LogP contribution in [-0.4, -0.2) is 29.3 Å². The van der Waals surface area contributed by atoms with Gasteiger partial charge in [0.05, 0.1) is 11.6 Å². The van der Waals surface area contributed by atoms with E-state index in [0.717, 1.165) is 36.8 Å². The van der Waals surface area contributed by atoms with E-state index in [0.29, 0.717) is 5.02 Å². The summed E-state index contributed by atoms with van der Waals surface area (Å²) in [6.45, 7) is 1.78. The van der Waals surface area contributed by atoms with E-state index < -0.39 is 0 Å². The summed E-state index contributed by atoms with van der Waals surface area (Å²) in [5.41, 5.74) is 2.11. The molecule has 0 unspecified atom stereocenters. The fraction of sp³-hybridized carbons (Fsp3) is 0.357. The number of aromatic nitrogens is 1. The molecule has 1 aliphatic rings. The van der Waals surface area contributed by atoms with Crippen molar-refractivity contribution >= 4 is 28.2 Å². The maximum Gasteiger partial charge on any atom is 0.0737 e. The molecule has 0 atom stereocenters. The maximum absolute atomic E-state index is 9.57. The number of benzene rings is 1. The minimum Gasteiger partial charge on any atom is -0.393 e. The van der Waals surface area contributed by atoms with Crippen molar-refractivity contribution in [1.82, 2.24) is 4.98 Å². The van der Waals surface area contributed by atoms with Crippen molar-refractivity contribution in [3.8, 4) is 0 Å². The second-order valence-electron chi connectivity index (χ2n) is 4.71. The van der Waals surface area contributed by atoms with Gasteiger partial charge >= 0.3 is 0 Å². The van der Waals surface area contributed by atoms with Crippen molar-refractivity contribution in [3.05, 3.63) is 35.5 Å². The van der Waals surface area contributed by atoms with E-state index in [1.54, 1.807) is 0 Å². The van der Waals surface area contributed by atoms with Crippen LogP contribution in [0, 0.1) is 0 Å². The van der Waals surface area contributed by atoms with Gasteiger partial charge in [0.25, 0.3) is 0 Å². The third-order valence-electron chi connectivity index (χ3n) is 3.49. The first kappa shape index (κ1) is 11.8. The number of aliphatic hydroxyl groups is 1. The van der Waals surface area contributed by atoms with Gasteiger partial charge in [-0.25, -0.2) is 0 Å². The van der Waals surface area contributed by atoms with Gasteiger partial charge in [0, 0.05) is 35.4 Å². The normalized spacial score (nSPS) is 17.3. The van der Waals surface area contributed by atoms with Crippen LogP contribution in [0.15, 0.2) is 30.5 Å². The van der Waals surface area contributed by atoms with Gasteiger partial charge in [-0.3, -0.25) is 4.98 Å². The topological polar surface area (TPSA) is 36.4 Å². The summed E-state index contributed by atoms with van der Waals surface area (Å²) in [7, 11) is 0. The van der Waals surface area contributed by atoms with Gasteiger partial charge in [0.2, 0.25) is 0 Å². The number of anilines is 1. The Hall–Kier alpha value is -1.32. The molecule has 0 aliphatic carbocycles. The molecule has 1 aromatic carbocycles. The molecule has 94 valence electrons. The maximum atomic E-state index is 9.57. The SMILES string of the molecule is OC1CCN(c2ccnc3cc(Cl)ccc23)CC1. The molecule has 1 saturated heterocycles. The fourth-order valence-corrected chi connectivity index (χ4v) is 2.66. The number of pyridine rings is 1. The Morgan fingerprint density at radius 1 is 1.22 bits per heavy atom. The molecule has 1 fully saturated rings. The first-order valence-corrected chi connectivity index (χ1v) is 6.59. The van der Waals surface area contributed by atoms with Gasteiger partial charge in [0.1, 0.15) is 0 Å². The summed E-state index contributed by atoms with van der Waals surface area (Å²) in [5, 5.41) is 11.4. The lowest BCUT2D eigenvalue weighted by Crippen LogP contribution is -2.35. The molecule has 0 bridgehead atoms. The number of fused-ring (bicyclic) bond motifs is 1. The van der Waals surface area contributed by atoms with Crippen molar-refractivity contribution in [1.29, 1.82) is 0 Å². The zero-order valence-electron chi connectivity index (χ0n) is 10.0. The van der Waals surface area contributed by atoms with E-state index in [9.17, 15) is 5.11 Å². The van der Waals surface area contributed by atoms with E-state index in [2.05, 4.69) is 9.88 Å². The Balaban J connectivity index is 2.01. The van der Waals surface area contributed by atoms with E-state index in [4.69, 9.17) is 11.6 Å². The number of hydrogen-bond donors (Lipinski definition) is 1. The summed E-state index contributed by atoms with van der Waals surface area (Å²) in [6.07, 6.45) is 3.33. The highest BCUT2D eigenvalue weighted by atomic mass is 35.5. The third kappa shape index (κ3) is 2.16. The molecule has 3 rings (SSSR count). The van der Waals surface area contributed by atoms with E-state index in [1.807, 2.05) is 30.5 Å². The van der Waals surface area contributed by atoms with Gasteiger partial charge in [0.15, 0.2) is 0 Å². The highest BCUT2D eigenvalue weighted by Crippen LogP contribution is 2.29. The Labute approximate surface area is 111 Å². The predicted octanol–water partition coefficient (Wildman–Crippen LogP) is 2.85. The van der Waals surface area contributed by atoms with E-state index >= 15 is 0 Å². The Bertz CT molecular complexity index is 565. The Morgan fingerprint density at radius 3 is 2.78 bits per heavy atom. The zero-order valence-corrected chi connectivity index (χ0v) is 10.8. The van der Waals surface area contributed by atoms with Crippen LogP contribution in [0.4, 0.5) is 5.69 Å². The summed E-state index contributed by atoms with van der Waals surface area (Å²) >= 11 is 5.99. The molecule has 0 spiro atoms. The van der Waals surface area contributed by atoms with Crippen molar-refractivity contribution in [3.63, 3.8) is 0 Å². The van der Waals surface area contributed by atoms with Crippen LogP contribution in [0.25, 0.3) is 10.9 Å². The highest BCUT2D eigenvalue weighted by molar-refractivity contribution is 6.31.